The number of hydrogen-bond acceptors (Lipinski definition) is 5. The van der Waals surface area contributed by atoms with E-state index in [4.69, 9.17) is 14.2 Å². The van der Waals surface area contributed by atoms with Crippen LogP contribution in [0.25, 0.3) is 0 Å². The van der Waals surface area contributed by atoms with Crippen LogP contribution in [0, 0.1) is 5.92 Å². The van der Waals surface area contributed by atoms with Crippen molar-refractivity contribution in [3.63, 3.8) is 0 Å². The van der Waals surface area contributed by atoms with Crippen molar-refractivity contribution < 1.29 is 23.8 Å². The van der Waals surface area contributed by atoms with Crippen LogP contribution in [-0.2, 0) is 4.79 Å². The fourth-order valence-corrected chi connectivity index (χ4v) is 2.14. The predicted octanol–water partition coefficient (Wildman–Crippen LogP) is 1.60. The summed E-state index contributed by atoms with van der Waals surface area (Å²) in [6, 6.07) is 3.15. The molecule has 0 aliphatic rings. The van der Waals surface area contributed by atoms with Crippen LogP contribution in [0.3, 0.4) is 0 Å². The van der Waals surface area contributed by atoms with Gasteiger partial charge in [-0.25, -0.2) is 0 Å². The number of methoxy groups -OCH3 is 3. The molecule has 0 saturated heterocycles. The van der Waals surface area contributed by atoms with Gasteiger partial charge in [-0.15, -0.1) is 0 Å². The average Bonchev–Trinajstić information content (AvgIpc) is 2.56. The van der Waals surface area contributed by atoms with E-state index in [1.807, 2.05) is 13.8 Å². The van der Waals surface area contributed by atoms with Gasteiger partial charge in [0.25, 0.3) is 5.91 Å². The minimum Gasteiger partial charge on any atom is -0.493 e. The van der Waals surface area contributed by atoms with Gasteiger partial charge >= 0.3 is 0 Å². The van der Waals surface area contributed by atoms with Crippen molar-refractivity contribution in [1.29, 1.82) is 0 Å². The number of hydrogen-bond donors (Lipinski definition) is 2. The maximum Gasteiger partial charge on any atom is 0.251 e. The molecule has 0 spiro atoms. The van der Waals surface area contributed by atoms with Crippen LogP contribution < -0.4 is 24.8 Å². The lowest BCUT2D eigenvalue weighted by molar-refractivity contribution is -0.121. The van der Waals surface area contributed by atoms with Crippen molar-refractivity contribution in [3.05, 3.63) is 17.7 Å². The smallest absolute Gasteiger partial charge is 0.251 e. The van der Waals surface area contributed by atoms with Gasteiger partial charge in [-0.05, 0) is 18.1 Å². The first-order chi connectivity index (χ1) is 11.4. The zero-order valence-corrected chi connectivity index (χ0v) is 14.9. The highest BCUT2D eigenvalue weighted by molar-refractivity contribution is 5.95. The van der Waals surface area contributed by atoms with Gasteiger partial charge in [0, 0.05) is 25.1 Å². The van der Waals surface area contributed by atoms with Crippen LogP contribution >= 0.6 is 0 Å². The van der Waals surface area contributed by atoms with Gasteiger partial charge in [-0.1, -0.05) is 13.8 Å². The zero-order chi connectivity index (χ0) is 18.1. The number of carbonyl (C=O) groups is 2. The molecule has 0 bridgehead atoms. The maximum absolute atomic E-state index is 12.2. The lowest BCUT2D eigenvalue weighted by Gasteiger charge is -2.14. The standard InChI is InChI=1S/C17H26N2O5/c1-11(2)8-15(20)18-6-7-19-17(21)12-9-13(22-3)16(24-5)14(10-12)23-4/h9-11H,6-8H2,1-5H3,(H,18,20)(H,19,21). The monoisotopic (exact) mass is 338 g/mol. The molecule has 1 aromatic rings. The van der Waals surface area contributed by atoms with E-state index < -0.39 is 0 Å². The third-order valence-electron chi connectivity index (χ3n) is 3.25. The van der Waals surface area contributed by atoms with E-state index in [-0.39, 0.29) is 11.8 Å². The van der Waals surface area contributed by atoms with E-state index in [2.05, 4.69) is 10.6 Å². The van der Waals surface area contributed by atoms with E-state index in [0.29, 0.717) is 48.2 Å². The molecule has 0 unspecified atom stereocenters. The van der Waals surface area contributed by atoms with Crippen LogP contribution in [-0.4, -0.2) is 46.2 Å². The molecule has 24 heavy (non-hydrogen) atoms. The van der Waals surface area contributed by atoms with E-state index in [1.54, 1.807) is 12.1 Å². The van der Waals surface area contributed by atoms with Gasteiger partial charge in [0.2, 0.25) is 11.7 Å². The topological polar surface area (TPSA) is 85.9 Å². The predicted molar refractivity (Wildman–Crippen MR) is 90.9 cm³/mol. The number of rotatable bonds is 9. The van der Waals surface area contributed by atoms with Crippen LogP contribution in [0.4, 0.5) is 0 Å². The third kappa shape index (κ3) is 5.64. The summed E-state index contributed by atoms with van der Waals surface area (Å²) in [5.41, 5.74) is 0.387. The van der Waals surface area contributed by atoms with Gasteiger partial charge < -0.3 is 24.8 Å². The summed E-state index contributed by atoms with van der Waals surface area (Å²) < 4.78 is 15.7. The Morgan fingerprint density at radius 3 is 1.96 bits per heavy atom. The van der Waals surface area contributed by atoms with E-state index in [0.717, 1.165) is 0 Å². The summed E-state index contributed by atoms with van der Waals surface area (Å²) in [7, 11) is 4.48. The molecule has 0 aliphatic carbocycles. The highest BCUT2D eigenvalue weighted by atomic mass is 16.5. The quantitative estimate of drug-likeness (QED) is 0.668. The first-order valence-corrected chi connectivity index (χ1v) is 7.77. The van der Waals surface area contributed by atoms with Gasteiger partial charge in [0.1, 0.15) is 0 Å². The molecule has 7 nitrogen and oxygen atoms in total. The van der Waals surface area contributed by atoms with Crippen LogP contribution in [0.15, 0.2) is 12.1 Å². The molecule has 0 fully saturated rings. The molecule has 7 heteroatoms. The molecule has 1 rings (SSSR count). The summed E-state index contributed by atoms with van der Waals surface area (Å²) >= 11 is 0. The molecule has 0 aliphatic heterocycles. The summed E-state index contributed by atoms with van der Waals surface area (Å²) in [5, 5.41) is 5.50. The molecule has 0 atom stereocenters. The number of carbonyl (C=O) groups excluding carboxylic acids is 2. The van der Waals surface area contributed by atoms with Gasteiger partial charge in [-0.3, -0.25) is 9.59 Å². The number of benzene rings is 1. The Labute approximate surface area is 142 Å². The van der Waals surface area contributed by atoms with Crippen molar-refractivity contribution in [2.45, 2.75) is 20.3 Å². The lowest BCUT2D eigenvalue weighted by atomic mass is 10.1. The van der Waals surface area contributed by atoms with Crippen LogP contribution in [0.1, 0.15) is 30.6 Å². The second-order valence-corrected chi connectivity index (χ2v) is 5.62. The lowest BCUT2D eigenvalue weighted by Crippen LogP contribution is -2.35. The molecular weight excluding hydrogens is 312 g/mol. The Morgan fingerprint density at radius 1 is 0.958 bits per heavy atom. The molecule has 0 radical (unpaired) electrons. The fourth-order valence-electron chi connectivity index (χ4n) is 2.14. The van der Waals surface area contributed by atoms with Crippen molar-refractivity contribution in [2.24, 2.45) is 5.92 Å². The molecule has 2 amide bonds. The first kappa shape index (κ1) is 19.6. The molecule has 2 N–H and O–H groups in total. The van der Waals surface area contributed by atoms with Crippen LogP contribution in [0.5, 0.6) is 17.2 Å². The third-order valence-corrected chi connectivity index (χ3v) is 3.25. The summed E-state index contributed by atoms with van der Waals surface area (Å²) in [6.07, 6.45) is 0.473. The maximum atomic E-state index is 12.2. The summed E-state index contributed by atoms with van der Waals surface area (Å²) in [4.78, 5) is 23.8. The van der Waals surface area contributed by atoms with Gasteiger partial charge in [0.15, 0.2) is 11.5 Å². The first-order valence-electron chi connectivity index (χ1n) is 7.77. The Balaban J connectivity index is 2.63. The summed E-state index contributed by atoms with van der Waals surface area (Å²) in [5.74, 6) is 1.25. The number of ether oxygens (including phenoxy) is 3. The Hall–Kier alpha value is -2.44. The van der Waals surface area contributed by atoms with Crippen LogP contribution in [0.2, 0.25) is 0 Å². The van der Waals surface area contributed by atoms with Crippen molar-refractivity contribution in [3.8, 4) is 17.2 Å². The van der Waals surface area contributed by atoms with E-state index in [9.17, 15) is 9.59 Å². The fraction of sp³-hybridized carbons (Fsp3) is 0.529. The second-order valence-electron chi connectivity index (χ2n) is 5.62. The minimum atomic E-state index is -0.285. The van der Waals surface area contributed by atoms with Crippen molar-refractivity contribution in [1.82, 2.24) is 10.6 Å². The van der Waals surface area contributed by atoms with E-state index >= 15 is 0 Å². The minimum absolute atomic E-state index is 0.0213. The van der Waals surface area contributed by atoms with E-state index in [1.165, 1.54) is 21.3 Å². The summed E-state index contributed by atoms with van der Waals surface area (Å²) in [6.45, 7) is 4.67. The molecule has 1 aromatic carbocycles. The molecule has 0 heterocycles. The number of amides is 2. The molecular formula is C17H26N2O5. The highest BCUT2D eigenvalue weighted by Gasteiger charge is 2.16. The van der Waals surface area contributed by atoms with Gasteiger partial charge in [-0.2, -0.15) is 0 Å². The average molecular weight is 338 g/mol. The molecule has 0 saturated carbocycles. The van der Waals surface area contributed by atoms with Crippen molar-refractivity contribution in [2.75, 3.05) is 34.4 Å². The SMILES string of the molecule is COc1cc(C(=O)NCCNC(=O)CC(C)C)cc(OC)c1OC. The highest BCUT2D eigenvalue weighted by Crippen LogP contribution is 2.38. The van der Waals surface area contributed by atoms with Crippen molar-refractivity contribution >= 4 is 11.8 Å². The van der Waals surface area contributed by atoms with Gasteiger partial charge in [0.05, 0.1) is 21.3 Å². The second kappa shape index (κ2) is 9.64. The molecule has 134 valence electrons. The Bertz CT molecular complexity index is 547. The normalized spacial score (nSPS) is 10.2. The Kier molecular flexibility index (Phi) is 7.88. The number of nitrogens with one attached hydrogen (secondary N) is 2. The zero-order valence-electron chi connectivity index (χ0n) is 14.9. The Morgan fingerprint density at radius 2 is 1.50 bits per heavy atom. The largest absolute Gasteiger partial charge is 0.493 e. The molecule has 0 aromatic heterocycles.